The van der Waals surface area contributed by atoms with E-state index < -0.39 is 0 Å². The van der Waals surface area contributed by atoms with Crippen molar-refractivity contribution in [3.05, 3.63) is 95.8 Å². The number of hydrogen-bond acceptors (Lipinski definition) is 4. The number of aryl methyl sites for hydroxylation is 1. The molecule has 1 saturated carbocycles. The number of benzene rings is 3. The van der Waals surface area contributed by atoms with Crippen LogP contribution in [0.5, 0.6) is 5.75 Å². The number of imidazole rings is 1. The van der Waals surface area contributed by atoms with Gasteiger partial charge in [0.15, 0.2) is 0 Å². The summed E-state index contributed by atoms with van der Waals surface area (Å²) in [6.07, 6.45) is 7.05. The van der Waals surface area contributed by atoms with Gasteiger partial charge in [0.25, 0.3) is 5.91 Å². The number of ether oxygens (including phenoxy) is 1. The number of para-hydroxylation sites is 3. The number of amides is 2. The number of nitrogens with one attached hydrogen (secondary N) is 1. The molecule has 1 fully saturated rings. The summed E-state index contributed by atoms with van der Waals surface area (Å²) in [4.78, 5) is 33.6. The molecule has 1 aliphatic carbocycles. The van der Waals surface area contributed by atoms with Gasteiger partial charge in [-0.3, -0.25) is 9.59 Å². The predicted octanol–water partition coefficient (Wildman–Crippen LogP) is 5.77. The molecule has 1 N–H and O–H groups in total. The zero-order valence-electron chi connectivity index (χ0n) is 23.2. The van der Waals surface area contributed by atoms with Crippen LogP contribution in [0.15, 0.2) is 78.9 Å². The standard InChI is InChI=1S/C33H38N4O3/c1-40-30-20-11-8-17-27(30)33(39)34-22-12-21-31-35-28-18-9-10-19-29(28)37(31)24-32(38)36(26-15-6-3-7-16-26)23-25-13-4-2-5-14-25/h2,4-5,8-11,13-14,17-20,26H,3,6-7,12,15-16,21-24H2,1H3,(H,34,39). The first-order chi connectivity index (χ1) is 19.6. The molecule has 0 bridgehead atoms. The van der Waals surface area contributed by atoms with Crippen molar-refractivity contribution in [2.24, 2.45) is 0 Å². The molecule has 5 rings (SSSR count). The van der Waals surface area contributed by atoms with Crippen LogP contribution in [0.4, 0.5) is 0 Å². The first-order valence-corrected chi connectivity index (χ1v) is 14.3. The molecule has 7 nitrogen and oxygen atoms in total. The van der Waals surface area contributed by atoms with Crippen LogP contribution in [-0.4, -0.2) is 46.0 Å². The van der Waals surface area contributed by atoms with Crippen molar-refractivity contribution in [3.8, 4) is 5.75 Å². The number of aromatic nitrogens is 2. The van der Waals surface area contributed by atoms with E-state index >= 15 is 0 Å². The maximum absolute atomic E-state index is 14.0. The number of hydrogen-bond donors (Lipinski definition) is 1. The second-order valence-corrected chi connectivity index (χ2v) is 10.5. The number of rotatable bonds is 11. The Bertz CT molecular complexity index is 1430. The van der Waals surface area contributed by atoms with Crippen molar-refractivity contribution in [1.82, 2.24) is 19.8 Å². The average molecular weight is 539 g/mol. The van der Waals surface area contributed by atoms with E-state index in [9.17, 15) is 9.59 Å². The van der Waals surface area contributed by atoms with Crippen LogP contribution in [0.25, 0.3) is 11.0 Å². The highest BCUT2D eigenvalue weighted by Crippen LogP contribution is 2.26. The van der Waals surface area contributed by atoms with E-state index in [1.165, 1.54) is 19.3 Å². The summed E-state index contributed by atoms with van der Waals surface area (Å²) in [5.41, 5.74) is 3.52. The highest BCUT2D eigenvalue weighted by molar-refractivity contribution is 5.96. The Kier molecular flexibility index (Phi) is 9.11. The topological polar surface area (TPSA) is 76.5 Å². The summed E-state index contributed by atoms with van der Waals surface area (Å²) >= 11 is 0. The van der Waals surface area contributed by atoms with E-state index in [2.05, 4.69) is 26.9 Å². The maximum Gasteiger partial charge on any atom is 0.255 e. The first-order valence-electron chi connectivity index (χ1n) is 14.3. The van der Waals surface area contributed by atoms with Gasteiger partial charge in [0.05, 0.1) is 23.7 Å². The van der Waals surface area contributed by atoms with Crippen LogP contribution in [0.1, 0.15) is 60.3 Å². The van der Waals surface area contributed by atoms with Crippen LogP contribution >= 0.6 is 0 Å². The highest BCUT2D eigenvalue weighted by Gasteiger charge is 2.27. The molecule has 0 radical (unpaired) electrons. The van der Waals surface area contributed by atoms with Gasteiger partial charge < -0.3 is 19.5 Å². The zero-order valence-corrected chi connectivity index (χ0v) is 23.2. The molecule has 1 aliphatic rings. The van der Waals surface area contributed by atoms with Crippen molar-refractivity contribution >= 4 is 22.8 Å². The SMILES string of the molecule is COc1ccccc1C(=O)NCCCc1nc2ccccc2n1CC(=O)N(Cc1ccccc1)C1CCCCC1. The fraction of sp³-hybridized carbons (Fsp3) is 0.364. The number of carbonyl (C=O) groups is 2. The monoisotopic (exact) mass is 538 g/mol. The quantitative estimate of drug-likeness (QED) is 0.246. The summed E-state index contributed by atoms with van der Waals surface area (Å²) in [7, 11) is 1.56. The lowest BCUT2D eigenvalue weighted by Crippen LogP contribution is -2.42. The molecule has 208 valence electrons. The van der Waals surface area contributed by atoms with E-state index in [1.54, 1.807) is 19.2 Å². The summed E-state index contributed by atoms with van der Waals surface area (Å²) in [6, 6.07) is 25.7. The van der Waals surface area contributed by atoms with Gasteiger partial charge in [0.2, 0.25) is 5.91 Å². The first kappa shape index (κ1) is 27.4. The third kappa shape index (κ3) is 6.53. The van der Waals surface area contributed by atoms with E-state index in [4.69, 9.17) is 9.72 Å². The Labute approximate surface area is 236 Å². The van der Waals surface area contributed by atoms with Gasteiger partial charge in [-0.15, -0.1) is 0 Å². The van der Waals surface area contributed by atoms with Crippen LogP contribution in [-0.2, 0) is 24.3 Å². The number of fused-ring (bicyclic) bond motifs is 1. The third-order valence-corrected chi connectivity index (χ3v) is 7.77. The van der Waals surface area contributed by atoms with E-state index in [-0.39, 0.29) is 24.4 Å². The van der Waals surface area contributed by atoms with Crippen molar-refractivity contribution < 1.29 is 14.3 Å². The average Bonchev–Trinajstić information content (AvgIpc) is 3.35. The molecule has 4 aromatic rings. The van der Waals surface area contributed by atoms with E-state index in [1.807, 2.05) is 54.6 Å². The van der Waals surface area contributed by atoms with Gasteiger partial charge in [0.1, 0.15) is 18.1 Å². The number of carbonyl (C=O) groups excluding carboxylic acids is 2. The molecular weight excluding hydrogens is 500 g/mol. The van der Waals surface area contributed by atoms with Crippen LogP contribution in [0, 0.1) is 0 Å². The van der Waals surface area contributed by atoms with Crippen molar-refractivity contribution in [1.29, 1.82) is 0 Å². The normalized spacial score (nSPS) is 13.7. The third-order valence-electron chi connectivity index (χ3n) is 7.77. The molecule has 0 saturated heterocycles. The molecule has 0 unspecified atom stereocenters. The number of nitrogens with zero attached hydrogens (tertiary/aromatic N) is 3. The molecule has 40 heavy (non-hydrogen) atoms. The molecule has 0 spiro atoms. The minimum atomic E-state index is -0.162. The van der Waals surface area contributed by atoms with Gasteiger partial charge in [-0.2, -0.15) is 0 Å². The fourth-order valence-corrected chi connectivity index (χ4v) is 5.69. The van der Waals surface area contributed by atoms with Gasteiger partial charge >= 0.3 is 0 Å². The Morgan fingerprint density at radius 2 is 1.68 bits per heavy atom. The molecule has 2 amide bonds. The van der Waals surface area contributed by atoms with Gasteiger partial charge in [-0.1, -0.05) is 73.9 Å². The van der Waals surface area contributed by atoms with Crippen molar-refractivity contribution in [2.45, 2.75) is 64.1 Å². The summed E-state index contributed by atoms with van der Waals surface area (Å²) in [6.45, 7) is 1.38. The minimum Gasteiger partial charge on any atom is -0.496 e. The lowest BCUT2D eigenvalue weighted by Gasteiger charge is -2.35. The Hall–Kier alpha value is -4.13. The molecular formula is C33H38N4O3. The predicted molar refractivity (Wildman–Crippen MR) is 157 cm³/mol. The number of methoxy groups -OCH3 is 1. The van der Waals surface area contributed by atoms with Gasteiger partial charge in [-0.25, -0.2) is 4.98 Å². The molecule has 7 heteroatoms. The minimum absolute atomic E-state index is 0.129. The lowest BCUT2D eigenvalue weighted by molar-refractivity contribution is -0.135. The largest absolute Gasteiger partial charge is 0.496 e. The Morgan fingerprint density at radius 3 is 2.48 bits per heavy atom. The summed E-state index contributed by atoms with van der Waals surface area (Å²) < 4.78 is 7.39. The maximum atomic E-state index is 14.0. The van der Waals surface area contributed by atoms with Gasteiger partial charge in [0, 0.05) is 25.6 Å². The summed E-state index contributed by atoms with van der Waals surface area (Å²) in [5.74, 6) is 1.39. The second-order valence-electron chi connectivity index (χ2n) is 10.5. The molecule has 1 heterocycles. The lowest BCUT2D eigenvalue weighted by atomic mass is 9.93. The van der Waals surface area contributed by atoms with E-state index in [0.717, 1.165) is 35.3 Å². The van der Waals surface area contributed by atoms with Crippen molar-refractivity contribution in [2.75, 3.05) is 13.7 Å². The molecule has 0 aliphatic heterocycles. The van der Waals surface area contributed by atoms with Crippen LogP contribution < -0.4 is 10.1 Å². The Balaban J connectivity index is 1.30. The highest BCUT2D eigenvalue weighted by atomic mass is 16.5. The molecule has 3 aromatic carbocycles. The van der Waals surface area contributed by atoms with Crippen LogP contribution in [0.3, 0.4) is 0 Å². The summed E-state index contributed by atoms with van der Waals surface area (Å²) in [5, 5.41) is 3.00. The van der Waals surface area contributed by atoms with E-state index in [0.29, 0.717) is 37.2 Å². The fourth-order valence-electron chi connectivity index (χ4n) is 5.69. The molecule has 0 atom stereocenters. The van der Waals surface area contributed by atoms with Crippen molar-refractivity contribution in [3.63, 3.8) is 0 Å². The van der Waals surface area contributed by atoms with Crippen LogP contribution in [0.2, 0.25) is 0 Å². The smallest absolute Gasteiger partial charge is 0.255 e. The Morgan fingerprint density at radius 1 is 0.950 bits per heavy atom. The van der Waals surface area contributed by atoms with Gasteiger partial charge in [-0.05, 0) is 49.1 Å². The zero-order chi connectivity index (χ0) is 27.7. The molecule has 1 aromatic heterocycles. The second kappa shape index (κ2) is 13.3.